The Morgan fingerprint density at radius 3 is 2.45 bits per heavy atom. The number of carbonyl (C=O) groups is 3. The van der Waals surface area contributed by atoms with Crippen molar-refractivity contribution >= 4 is 40.6 Å². The highest BCUT2D eigenvalue weighted by atomic mass is 32.2. The summed E-state index contributed by atoms with van der Waals surface area (Å²) >= 11 is 0.792. The molecule has 3 amide bonds. The minimum Gasteiger partial charge on any atom is -0.497 e. The van der Waals surface area contributed by atoms with Crippen LogP contribution in [0.4, 0.5) is 10.5 Å². The van der Waals surface area contributed by atoms with Gasteiger partial charge in [-0.3, -0.25) is 19.3 Å². The van der Waals surface area contributed by atoms with Gasteiger partial charge >= 0.3 is 0 Å². The molecule has 1 N–H and O–H groups in total. The van der Waals surface area contributed by atoms with Gasteiger partial charge in [0.05, 0.1) is 25.2 Å². The van der Waals surface area contributed by atoms with E-state index in [1.54, 1.807) is 55.7 Å². The number of hydrogen-bond donors (Lipinski definition) is 1. The number of rotatable bonds is 9. The average molecular weight is 471 g/mol. The highest BCUT2D eigenvalue weighted by Gasteiger charge is 2.36. The van der Waals surface area contributed by atoms with Crippen molar-refractivity contribution in [3.05, 3.63) is 52.9 Å². The lowest BCUT2D eigenvalue weighted by Gasteiger charge is -2.15. The Morgan fingerprint density at radius 1 is 1.09 bits per heavy atom. The summed E-state index contributed by atoms with van der Waals surface area (Å²) in [4.78, 5) is 38.7. The molecular formula is C24H26N2O6S. The first-order valence-electron chi connectivity index (χ1n) is 10.4. The van der Waals surface area contributed by atoms with Gasteiger partial charge in [-0.25, -0.2) is 0 Å². The standard InChI is InChI=1S/C24H26N2O6S/c1-5-15(2)32-19-11-6-16(12-20(19)31-4)13-21-23(28)26(24(29)33-21)14-22(27)25-17-7-9-18(30-3)10-8-17/h6-13,15H,5,14H2,1-4H3,(H,25,27)/b21-13-/t15-/m0/s1. The van der Waals surface area contributed by atoms with Crippen LogP contribution in [0.3, 0.4) is 0 Å². The lowest BCUT2D eigenvalue weighted by Crippen LogP contribution is -2.36. The largest absolute Gasteiger partial charge is 0.497 e. The molecule has 33 heavy (non-hydrogen) atoms. The van der Waals surface area contributed by atoms with Gasteiger partial charge in [0.2, 0.25) is 5.91 Å². The first-order chi connectivity index (χ1) is 15.8. The third kappa shape index (κ3) is 6.07. The van der Waals surface area contributed by atoms with E-state index < -0.39 is 17.1 Å². The Balaban J connectivity index is 1.69. The number of ether oxygens (including phenoxy) is 3. The van der Waals surface area contributed by atoms with Gasteiger partial charge in [0.1, 0.15) is 12.3 Å². The van der Waals surface area contributed by atoms with Gasteiger partial charge in [-0.1, -0.05) is 13.0 Å². The maximum atomic E-state index is 12.8. The van der Waals surface area contributed by atoms with Crippen LogP contribution in [-0.2, 0) is 9.59 Å². The number of nitrogens with zero attached hydrogens (tertiary/aromatic N) is 1. The molecular weight excluding hydrogens is 444 g/mol. The smallest absolute Gasteiger partial charge is 0.294 e. The molecule has 8 nitrogen and oxygen atoms in total. The van der Waals surface area contributed by atoms with Crippen LogP contribution in [0, 0.1) is 0 Å². The van der Waals surface area contributed by atoms with Crippen molar-refractivity contribution in [1.82, 2.24) is 4.90 Å². The molecule has 0 spiro atoms. The number of amides is 3. The number of anilines is 1. The Labute approximate surface area is 196 Å². The number of thioether (sulfide) groups is 1. The Hall–Kier alpha value is -3.46. The predicted molar refractivity (Wildman–Crippen MR) is 128 cm³/mol. The quantitative estimate of drug-likeness (QED) is 0.537. The molecule has 1 atom stereocenters. The molecule has 3 rings (SSSR count). The summed E-state index contributed by atoms with van der Waals surface area (Å²) in [7, 11) is 3.09. The van der Waals surface area contributed by atoms with E-state index in [0.29, 0.717) is 28.5 Å². The Morgan fingerprint density at radius 2 is 1.82 bits per heavy atom. The van der Waals surface area contributed by atoms with Crippen LogP contribution in [0.15, 0.2) is 47.4 Å². The first kappa shape index (κ1) is 24.2. The maximum Gasteiger partial charge on any atom is 0.294 e. The summed E-state index contributed by atoms with van der Waals surface area (Å²) in [5.74, 6) is 0.792. The second-order valence-corrected chi connectivity index (χ2v) is 8.28. The summed E-state index contributed by atoms with van der Waals surface area (Å²) in [6, 6.07) is 12.0. The Kier molecular flexibility index (Phi) is 8.00. The highest BCUT2D eigenvalue weighted by Crippen LogP contribution is 2.35. The van der Waals surface area contributed by atoms with Gasteiger partial charge < -0.3 is 19.5 Å². The number of nitrogens with one attached hydrogen (secondary N) is 1. The topological polar surface area (TPSA) is 94.2 Å². The first-order valence-corrected chi connectivity index (χ1v) is 11.2. The van der Waals surface area contributed by atoms with Gasteiger partial charge in [-0.2, -0.15) is 0 Å². The van der Waals surface area contributed by atoms with Crippen molar-refractivity contribution < 1.29 is 28.6 Å². The molecule has 0 saturated carbocycles. The van der Waals surface area contributed by atoms with Gasteiger partial charge in [0, 0.05) is 5.69 Å². The minimum atomic E-state index is -0.520. The Bertz CT molecular complexity index is 1070. The summed E-state index contributed by atoms with van der Waals surface area (Å²) < 4.78 is 16.3. The molecule has 0 aromatic heterocycles. The fourth-order valence-electron chi connectivity index (χ4n) is 2.98. The van der Waals surface area contributed by atoms with E-state index in [1.165, 1.54) is 7.11 Å². The number of hydrogen-bond acceptors (Lipinski definition) is 7. The molecule has 1 aliphatic rings. The average Bonchev–Trinajstić information content (AvgIpc) is 3.07. The molecule has 1 heterocycles. The SMILES string of the molecule is CC[C@H](C)Oc1ccc(/C=C2\SC(=O)N(CC(=O)Nc3ccc(OC)cc3)C2=O)cc1OC. The van der Waals surface area contributed by atoms with Crippen LogP contribution >= 0.6 is 11.8 Å². The van der Waals surface area contributed by atoms with Crippen LogP contribution in [-0.4, -0.2) is 48.8 Å². The van der Waals surface area contributed by atoms with Crippen molar-refractivity contribution in [1.29, 1.82) is 0 Å². The lowest BCUT2D eigenvalue weighted by molar-refractivity contribution is -0.127. The normalized spacial score (nSPS) is 15.5. The van der Waals surface area contributed by atoms with Crippen molar-refractivity contribution in [2.75, 3.05) is 26.1 Å². The highest BCUT2D eigenvalue weighted by molar-refractivity contribution is 8.18. The zero-order valence-electron chi connectivity index (χ0n) is 18.9. The van der Waals surface area contributed by atoms with E-state index in [-0.39, 0.29) is 17.6 Å². The predicted octanol–water partition coefficient (Wildman–Crippen LogP) is 4.56. The lowest BCUT2D eigenvalue weighted by atomic mass is 10.1. The van der Waals surface area contributed by atoms with Crippen molar-refractivity contribution in [3.63, 3.8) is 0 Å². The third-order valence-electron chi connectivity index (χ3n) is 4.94. The number of carbonyl (C=O) groups excluding carboxylic acids is 3. The summed E-state index contributed by atoms with van der Waals surface area (Å²) in [5, 5.41) is 2.17. The van der Waals surface area contributed by atoms with Crippen molar-refractivity contribution in [2.24, 2.45) is 0 Å². The van der Waals surface area contributed by atoms with E-state index in [2.05, 4.69) is 5.32 Å². The van der Waals surface area contributed by atoms with Crippen LogP contribution in [0.2, 0.25) is 0 Å². The molecule has 0 aliphatic carbocycles. The second-order valence-electron chi connectivity index (χ2n) is 7.29. The van der Waals surface area contributed by atoms with E-state index in [4.69, 9.17) is 14.2 Å². The number of methoxy groups -OCH3 is 2. The summed E-state index contributed by atoms with van der Waals surface area (Å²) in [6.07, 6.45) is 2.48. The van der Waals surface area contributed by atoms with E-state index >= 15 is 0 Å². The van der Waals surface area contributed by atoms with Crippen LogP contribution < -0.4 is 19.5 Å². The molecule has 9 heteroatoms. The van der Waals surface area contributed by atoms with E-state index in [1.807, 2.05) is 13.8 Å². The van der Waals surface area contributed by atoms with Crippen molar-refractivity contribution in [3.8, 4) is 17.2 Å². The molecule has 2 aromatic carbocycles. The van der Waals surface area contributed by atoms with Gasteiger partial charge in [0.15, 0.2) is 11.5 Å². The van der Waals surface area contributed by atoms with Gasteiger partial charge in [-0.15, -0.1) is 0 Å². The maximum absolute atomic E-state index is 12.8. The third-order valence-corrected chi connectivity index (χ3v) is 5.84. The fraction of sp³-hybridized carbons (Fsp3) is 0.292. The number of imide groups is 1. The molecule has 1 aliphatic heterocycles. The molecule has 0 unspecified atom stereocenters. The van der Waals surface area contributed by atoms with E-state index in [9.17, 15) is 14.4 Å². The van der Waals surface area contributed by atoms with Crippen LogP contribution in [0.5, 0.6) is 17.2 Å². The summed E-state index contributed by atoms with van der Waals surface area (Å²) in [5.41, 5.74) is 1.21. The van der Waals surface area contributed by atoms with Crippen LogP contribution in [0.25, 0.3) is 6.08 Å². The zero-order chi connectivity index (χ0) is 24.0. The molecule has 174 valence electrons. The summed E-state index contributed by atoms with van der Waals surface area (Å²) in [6.45, 7) is 3.62. The molecule has 2 aromatic rings. The molecule has 1 fully saturated rings. The zero-order valence-corrected chi connectivity index (χ0v) is 19.7. The van der Waals surface area contributed by atoms with Crippen molar-refractivity contribution in [2.45, 2.75) is 26.4 Å². The van der Waals surface area contributed by atoms with Gasteiger partial charge in [0.25, 0.3) is 11.1 Å². The fourth-order valence-corrected chi connectivity index (χ4v) is 3.82. The second kappa shape index (κ2) is 10.9. The van der Waals surface area contributed by atoms with Crippen LogP contribution in [0.1, 0.15) is 25.8 Å². The molecule has 0 bridgehead atoms. The molecule has 0 radical (unpaired) electrons. The monoisotopic (exact) mass is 470 g/mol. The van der Waals surface area contributed by atoms with E-state index in [0.717, 1.165) is 23.1 Å². The molecule has 1 saturated heterocycles. The van der Waals surface area contributed by atoms with Gasteiger partial charge in [-0.05, 0) is 73.1 Å². The minimum absolute atomic E-state index is 0.0327. The number of benzene rings is 2.